The number of ether oxygens (including phenoxy) is 6. The molecule has 0 radical (unpaired) electrons. The molecule has 3 heterocycles. The molecule has 3 saturated heterocycles. The van der Waals surface area contributed by atoms with Crippen LogP contribution in [-0.2, 0) is 28.4 Å². The van der Waals surface area contributed by atoms with Gasteiger partial charge in [-0.25, -0.2) is 0 Å². The molecule has 0 bridgehead atoms. The Hall–Kier alpha value is -0.560. The minimum Gasteiger partial charge on any atom is -0.394 e. The Morgan fingerprint density at radius 2 is 1.33 bits per heavy atom. The molecule has 14 heteroatoms. The zero-order valence-electron chi connectivity index (χ0n) is 18.2. The highest BCUT2D eigenvalue weighted by atomic mass is 16.7. The van der Waals surface area contributed by atoms with Gasteiger partial charge < -0.3 is 69.3 Å². The molecule has 0 aromatic heterocycles. The molecule has 3 aliphatic rings. The maximum absolute atomic E-state index is 10.4. The SMILES string of the molecule is CO[C@@H]1C[C@H](O)O[C@H](C)[C@@H]1O[C@@H]1O[C@H](CO[C@@H]2O[C@H](CO)[C@@H](O)[C@H](O)[C@H]2O)[C@@H](O)[C@H](O)[C@H]1O. The zero-order valence-corrected chi connectivity index (χ0v) is 18.2. The summed E-state index contributed by atoms with van der Waals surface area (Å²) in [5.41, 5.74) is 0. The Balaban J connectivity index is 1.64. The predicted molar refractivity (Wildman–Crippen MR) is 103 cm³/mol. The summed E-state index contributed by atoms with van der Waals surface area (Å²) >= 11 is 0. The minimum absolute atomic E-state index is 0.100. The van der Waals surface area contributed by atoms with Gasteiger partial charge in [-0.1, -0.05) is 0 Å². The molecule has 0 unspecified atom stereocenters. The third-order valence-corrected chi connectivity index (χ3v) is 6.17. The average molecular weight is 486 g/mol. The van der Waals surface area contributed by atoms with Gasteiger partial charge in [-0.3, -0.25) is 0 Å². The van der Waals surface area contributed by atoms with Crippen molar-refractivity contribution in [3.63, 3.8) is 0 Å². The second kappa shape index (κ2) is 11.5. The zero-order chi connectivity index (χ0) is 24.4. The van der Waals surface area contributed by atoms with Gasteiger partial charge in [0, 0.05) is 13.5 Å². The van der Waals surface area contributed by atoms with E-state index >= 15 is 0 Å². The lowest BCUT2D eigenvalue weighted by Crippen LogP contribution is -2.63. The van der Waals surface area contributed by atoms with Crippen LogP contribution in [-0.4, -0.2) is 147 Å². The first-order valence-corrected chi connectivity index (χ1v) is 10.7. The monoisotopic (exact) mass is 486 g/mol. The summed E-state index contributed by atoms with van der Waals surface area (Å²) in [5.74, 6) is 0. The summed E-state index contributed by atoms with van der Waals surface area (Å²) in [7, 11) is 1.42. The van der Waals surface area contributed by atoms with Crippen molar-refractivity contribution >= 4 is 0 Å². The van der Waals surface area contributed by atoms with Crippen molar-refractivity contribution in [2.45, 2.75) is 99.4 Å². The normalized spacial score (nSPS) is 51.5. The minimum atomic E-state index is -1.68. The molecule has 0 aromatic rings. The van der Waals surface area contributed by atoms with Crippen molar-refractivity contribution in [3.05, 3.63) is 0 Å². The number of hydrogen-bond donors (Lipinski definition) is 8. The maximum atomic E-state index is 10.4. The van der Waals surface area contributed by atoms with Gasteiger partial charge in [0.2, 0.25) is 0 Å². The summed E-state index contributed by atoms with van der Waals surface area (Å²) in [5, 5.41) is 79.8. The third-order valence-electron chi connectivity index (χ3n) is 6.17. The number of rotatable bonds is 7. The van der Waals surface area contributed by atoms with Crippen molar-refractivity contribution in [2.24, 2.45) is 0 Å². The number of aliphatic hydroxyl groups excluding tert-OH is 8. The van der Waals surface area contributed by atoms with Crippen LogP contribution >= 0.6 is 0 Å². The third kappa shape index (κ3) is 5.82. The highest BCUT2D eigenvalue weighted by Crippen LogP contribution is 2.30. The molecule has 3 rings (SSSR count). The van der Waals surface area contributed by atoms with Crippen molar-refractivity contribution in [3.8, 4) is 0 Å². The highest BCUT2D eigenvalue weighted by Gasteiger charge is 2.49. The van der Waals surface area contributed by atoms with Gasteiger partial charge in [0.25, 0.3) is 0 Å². The Morgan fingerprint density at radius 3 is 1.94 bits per heavy atom. The molecular weight excluding hydrogens is 452 g/mol. The van der Waals surface area contributed by atoms with E-state index in [9.17, 15) is 40.9 Å². The Labute approximate surface area is 189 Å². The molecule has 194 valence electrons. The van der Waals surface area contributed by atoms with Crippen molar-refractivity contribution in [2.75, 3.05) is 20.3 Å². The largest absolute Gasteiger partial charge is 0.394 e. The summed E-state index contributed by atoms with van der Waals surface area (Å²) in [6.07, 6.45) is -18.2. The molecule has 14 nitrogen and oxygen atoms in total. The van der Waals surface area contributed by atoms with Gasteiger partial charge in [0.15, 0.2) is 18.9 Å². The second-order valence-corrected chi connectivity index (χ2v) is 8.45. The summed E-state index contributed by atoms with van der Waals surface area (Å²) in [6.45, 7) is 0.501. The van der Waals surface area contributed by atoms with Crippen LogP contribution in [0.4, 0.5) is 0 Å². The van der Waals surface area contributed by atoms with Crippen LogP contribution in [0.25, 0.3) is 0 Å². The molecule has 0 aromatic carbocycles. The Kier molecular flexibility index (Phi) is 9.38. The first-order valence-electron chi connectivity index (χ1n) is 10.7. The van der Waals surface area contributed by atoms with Gasteiger partial charge >= 0.3 is 0 Å². The van der Waals surface area contributed by atoms with Crippen LogP contribution < -0.4 is 0 Å². The molecule has 0 amide bonds. The lowest BCUT2D eigenvalue weighted by Gasteiger charge is -2.45. The number of methoxy groups -OCH3 is 1. The maximum Gasteiger partial charge on any atom is 0.187 e. The molecule has 3 fully saturated rings. The van der Waals surface area contributed by atoms with Crippen molar-refractivity contribution in [1.82, 2.24) is 0 Å². The van der Waals surface area contributed by atoms with E-state index in [4.69, 9.17) is 28.4 Å². The summed E-state index contributed by atoms with van der Waals surface area (Å²) < 4.78 is 32.7. The van der Waals surface area contributed by atoms with Crippen LogP contribution in [0.2, 0.25) is 0 Å². The smallest absolute Gasteiger partial charge is 0.187 e. The van der Waals surface area contributed by atoms with Gasteiger partial charge in [0.05, 0.1) is 25.4 Å². The molecule has 14 atom stereocenters. The van der Waals surface area contributed by atoms with E-state index in [1.54, 1.807) is 6.92 Å². The summed E-state index contributed by atoms with van der Waals surface area (Å²) in [4.78, 5) is 0. The quantitative estimate of drug-likeness (QED) is 0.169. The van der Waals surface area contributed by atoms with Crippen LogP contribution in [0.1, 0.15) is 13.3 Å². The lowest BCUT2D eigenvalue weighted by atomic mass is 9.97. The van der Waals surface area contributed by atoms with Gasteiger partial charge in [-0.2, -0.15) is 0 Å². The standard InChI is InChI=1S/C19H34O14/c1-6-17(7(28-2)3-10(21)30-6)33-19-16(27)14(25)12(23)9(32-19)5-29-18-15(26)13(24)11(22)8(4-20)31-18/h6-27H,3-5H2,1-2H3/t6-,7-,8-,9-,10-,11-,12-,13+,14+,15-,16-,17+,18-,19+/m1/s1. The molecule has 0 saturated carbocycles. The molecule has 3 aliphatic heterocycles. The molecule has 0 aliphatic carbocycles. The van der Waals surface area contributed by atoms with Crippen LogP contribution in [0.15, 0.2) is 0 Å². The molecular formula is C19H34O14. The fourth-order valence-electron chi connectivity index (χ4n) is 4.16. The van der Waals surface area contributed by atoms with E-state index in [0.717, 1.165) is 0 Å². The van der Waals surface area contributed by atoms with Crippen LogP contribution in [0.5, 0.6) is 0 Å². The molecule has 0 spiro atoms. The Bertz CT molecular complexity index is 609. The highest BCUT2D eigenvalue weighted by molar-refractivity contribution is 4.93. The van der Waals surface area contributed by atoms with Crippen molar-refractivity contribution in [1.29, 1.82) is 0 Å². The van der Waals surface area contributed by atoms with Crippen LogP contribution in [0, 0.1) is 0 Å². The van der Waals surface area contributed by atoms with Crippen molar-refractivity contribution < 1.29 is 69.3 Å². The second-order valence-electron chi connectivity index (χ2n) is 8.45. The fourth-order valence-corrected chi connectivity index (χ4v) is 4.16. The predicted octanol–water partition coefficient (Wildman–Crippen LogP) is -4.86. The fraction of sp³-hybridized carbons (Fsp3) is 1.00. The van der Waals surface area contributed by atoms with E-state index in [1.165, 1.54) is 7.11 Å². The first-order chi connectivity index (χ1) is 15.6. The molecule has 33 heavy (non-hydrogen) atoms. The number of hydrogen-bond acceptors (Lipinski definition) is 14. The van der Waals surface area contributed by atoms with E-state index in [0.29, 0.717) is 0 Å². The number of aliphatic hydroxyl groups is 8. The van der Waals surface area contributed by atoms with E-state index in [1.807, 2.05) is 0 Å². The molecule has 8 N–H and O–H groups in total. The average Bonchev–Trinajstić information content (AvgIpc) is 2.79. The first kappa shape index (κ1) is 27.0. The van der Waals surface area contributed by atoms with E-state index in [-0.39, 0.29) is 6.42 Å². The van der Waals surface area contributed by atoms with Gasteiger partial charge in [-0.15, -0.1) is 0 Å². The summed E-state index contributed by atoms with van der Waals surface area (Å²) in [6, 6.07) is 0. The van der Waals surface area contributed by atoms with Gasteiger partial charge in [-0.05, 0) is 6.92 Å². The van der Waals surface area contributed by atoms with E-state index < -0.39 is 99.2 Å². The Morgan fingerprint density at radius 1 is 0.758 bits per heavy atom. The lowest BCUT2D eigenvalue weighted by molar-refractivity contribution is -0.351. The topological polar surface area (TPSA) is 217 Å². The van der Waals surface area contributed by atoms with E-state index in [2.05, 4.69) is 0 Å². The van der Waals surface area contributed by atoms with Crippen LogP contribution in [0.3, 0.4) is 0 Å². The van der Waals surface area contributed by atoms with Gasteiger partial charge in [0.1, 0.15) is 54.9 Å².